The molecule has 0 N–H and O–H groups in total. The van der Waals surface area contributed by atoms with Gasteiger partial charge in [0.05, 0.1) is 18.4 Å². The highest BCUT2D eigenvalue weighted by Crippen LogP contribution is 2.39. The lowest BCUT2D eigenvalue weighted by Crippen LogP contribution is -2.51. The smallest absolute Gasteiger partial charge is 0.228 e. The molecule has 0 bridgehead atoms. The van der Waals surface area contributed by atoms with Gasteiger partial charge in [-0.25, -0.2) is 0 Å². The second-order valence-electron chi connectivity index (χ2n) is 8.30. The molecule has 2 amide bonds. The fourth-order valence-corrected chi connectivity index (χ4v) is 4.41. The third-order valence-electron chi connectivity index (χ3n) is 6.08. The first-order valence-electron chi connectivity index (χ1n) is 10.6. The predicted molar refractivity (Wildman–Crippen MR) is 119 cm³/mol. The lowest BCUT2D eigenvalue weighted by molar-refractivity contribution is -0.146. The molecule has 0 atom stereocenters. The first-order chi connectivity index (χ1) is 14.5. The number of hydrogen-bond acceptors (Lipinski definition) is 3. The maximum Gasteiger partial charge on any atom is 0.228 e. The number of nitrogens with zero attached hydrogens (tertiary/aromatic N) is 2. The van der Waals surface area contributed by atoms with Crippen LogP contribution in [0.2, 0.25) is 0 Å². The third-order valence-corrected chi connectivity index (χ3v) is 6.08. The minimum Gasteiger partial charge on any atom is -0.384 e. The Morgan fingerprint density at radius 3 is 2.27 bits per heavy atom. The molecular formula is C25H32N2O3. The molecule has 0 spiro atoms. The molecule has 0 aliphatic carbocycles. The summed E-state index contributed by atoms with van der Waals surface area (Å²) in [5.41, 5.74) is 3.01. The highest BCUT2D eigenvalue weighted by molar-refractivity contribution is 5.84. The predicted octanol–water partition coefficient (Wildman–Crippen LogP) is 3.63. The summed E-state index contributed by atoms with van der Waals surface area (Å²) >= 11 is 0. The molecule has 3 rings (SSSR count). The lowest BCUT2D eigenvalue weighted by atomic mass is 9.71. The summed E-state index contributed by atoms with van der Waals surface area (Å²) < 4.78 is 5.04. The van der Waals surface area contributed by atoms with Gasteiger partial charge in [-0.1, -0.05) is 54.6 Å². The van der Waals surface area contributed by atoms with Crippen molar-refractivity contribution in [1.82, 2.24) is 9.80 Å². The van der Waals surface area contributed by atoms with Gasteiger partial charge >= 0.3 is 0 Å². The maximum atomic E-state index is 13.3. The molecular weight excluding hydrogens is 376 g/mol. The molecule has 1 aliphatic heterocycles. The molecule has 1 saturated heterocycles. The zero-order valence-electron chi connectivity index (χ0n) is 18.3. The Balaban J connectivity index is 1.85. The Hall–Kier alpha value is -2.66. The molecule has 30 heavy (non-hydrogen) atoms. The van der Waals surface area contributed by atoms with Crippen molar-refractivity contribution in [3.8, 4) is 11.1 Å². The number of carbonyl (C=O) groups is 2. The van der Waals surface area contributed by atoms with Crippen LogP contribution in [0.1, 0.15) is 24.8 Å². The molecule has 0 saturated carbocycles. The molecule has 2 aromatic carbocycles. The number of carbonyl (C=O) groups excluding carboxylic acids is 2. The number of likely N-dealkylation sites (tertiary alicyclic amines) is 1. The van der Waals surface area contributed by atoms with Crippen LogP contribution in [-0.2, 0) is 20.7 Å². The van der Waals surface area contributed by atoms with Gasteiger partial charge in [0.2, 0.25) is 11.8 Å². The van der Waals surface area contributed by atoms with Crippen LogP contribution in [0, 0.1) is 5.41 Å². The Morgan fingerprint density at radius 1 is 1.00 bits per heavy atom. The van der Waals surface area contributed by atoms with Crippen LogP contribution in [-0.4, -0.2) is 62.5 Å². The molecule has 5 heteroatoms. The molecule has 0 unspecified atom stereocenters. The van der Waals surface area contributed by atoms with Crippen molar-refractivity contribution in [2.75, 3.05) is 40.9 Å². The van der Waals surface area contributed by atoms with Crippen molar-refractivity contribution in [1.29, 1.82) is 0 Å². The van der Waals surface area contributed by atoms with Crippen molar-refractivity contribution < 1.29 is 14.3 Å². The average Bonchev–Trinajstić information content (AvgIpc) is 2.78. The van der Waals surface area contributed by atoms with E-state index in [0.717, 1.165) is 5.56 Å². The summed E-state index contributed by atoms with van der Waals surface area (Å²) in [6.45, 7) is 1.65. The summed E-state index contributed by atoms with van der Waals surface area (Å²) in [5, 5.41) is 0. The topological polar surface area (TPSA) is 49.9 Å². The minimum absolute atomic E-state index is 0.104. The summed E-state index contributed by atoms with van der Waals surface area (Å²) in [5.74, 6) is 0.252. The van der Waals surface area contributed by atoms with E-state index in [-0.39, 0.29) is 11.8 Å². The standard InChI is InChI=1S/C25H32N2O3/c1-26(2)24(29)25(14-16-27(17-15-25)23(28)13-18-30-3)19-21-11-7-8-12-22(21)20-9-5-4-6-10-20/h4-12H,13-19H2,1-3H3. The molecule has 5 nitrogen and oxygen atoms in total. The summed E-state index contributed by atoms with van der Waals surface area (Å²) in [7, 11) is 5.25. The van der Waals surface area contributed by atoms with Crippen LogP contribution < -0.4 is 0 Å². The summed E-state index contributed by atoms with van der Waals surface area (Å²) in [4.78, 5) is 29.3. The monoisotopic (exact) mass is 408 g/mol. The number of ether oxygens (including phenoxy) is 1. The normalized spacial score (nSPS) is 15.6. The zero-order chi connectivity index (χ0) is 21.6. The Bertz CT molecular complexity index is 856. The van der Waals surface area contributed by atoms with Crippen LogP contribution in [0.3, 0.4) is 0 Å². The second kappa shape index (κ2) is 9.90. The van der Waals surface area contributed by atoms with Crippen LogP contribution in [0.5, 0.6) is 0 Å². The number of benzene rings is 2. The molecule has 0 radical (unpaired) electrons. The SMILES string of the molecule is COCCC(=O)N1CCC(Cc2ccccc2-c2ccccc2)(C(=O)N(C)C)CC1. The van der Waals surface area contributed by atoms with Gasteiger partial charge in [-0.05, 0) is 36.0 Å². The zero-order valence-corrected chi connectivity index (χ0v) is 18.3. The van der Waals surface area contributed by atoms with Crippen molar-refractivity contribution in [2.24, 2.45) is 5.41 Å². The molecule has 1 fully saturated rings. The van der Waals surface area contributed by atoms with Crippen molar-refractivity contribution in [3.05, 3.63) is 60.2 Å². The van der Waals surface area contributed by atoms with E-state index in [9.17, 15) is 9.59 Å². The highest BCUT2D eigenvalue weighted by Gasteiger charge is 2.43. The molecule has 2 aromatic rings. The van der Waals surface area contributed by atoms with Gasteiger partial charge in [-0.3, -0.25) is 9.59 Å². The largest absolute Gasteiger partial charge is 0.384 e. The number of methoxy groups -OCH3 is 1. The summed E-state index contributed by atoms with van der Waals surface area (Å²) in [6, 6.07) is 18.6. The van der Waals surface area contributed by atoms with Crippen LogP contribution >= 0.6 is 0 Å². The molecule has 0 aromatic heterocycles. The van der Waals surface area contributed by atoms with Crippen molar-refractivity contribution >= 4 is 11.8 Å². The molecule has 1 aliphatic rings. The third kappa shape index (κ3) is 4.90. The quantitative estimate of drug-likeness (QED) is 0.703. The van der Waals surface area contributed by atoms with Crippen molar-refractivity contribution in [2.45, 2.75) is 25.7 Å². The first-order valence-corrected chi connectivity index (χ1v) is 10.6. The van der Waals surface area contributed by atoms with Crippen LogP contribution in [0.4, 0.5) is 0 Å². The molecule has 1 heterocycles. The second-order valence-corrected chi connectivity index (χ2v) is 8.30. The molecule has 160 valence electrons. The highest BCUT2D eigenvalue weighted by atomic mass is 16.5. The lowest BCUT2D eigenvalue weighted by Gasteiger charge is -2.42. The van der Waals surface area contributed by atoms with Gasteiger partial charge in [0.25, 0.3) is 0 Å². The average molecular weight is 409 g/mol. The Morgan fingerprint density at radius 2 is 1.63 bits per heavy atom. The number of hydrogen-bond donors (Lipinski definition) is 0. The van der Waals surface area contributed by atoms with Gasteiger partial charge < -0.3 is 14.5 Å². The fourth-order valence-electron chi connectivity index (χ4n) is 4.41. The van der Waals surface area contributed by atoms with E-state index in [0.29, 0.717) is 45.4 Å². The number of rotatable bonds is 7. The number of piperidine rings is 1. The van der Waals surface area contributed by atoms with Gasteiger partial charge in [0.15, 0.2) is 0 Å². The van der Waals surface area contributed by atoms with Gasteiger partial charge in [0, 0.05) is 34.3 Å². The van der Waals surface area contributed by atoms with Crippen LogP contribution in [0.15, 0.2) is 54.6 Å². The van der Waals surface area contributed by atoms with E-state index in [4.69, 9.17) is 4.74 Å². The van der Waals surface area contributed by atoms with Gasteiger partial charge in [-0.15, -0.1) is 0 Å². The van der Waals surface area contributed by atoms with Gasteiger partial charge in [0.1, 0.15) is 0 Å². The Labute approximate surface area is 179 Å². The fraction of sp³-hybridized carbons (Fsp3) is 0.440. The van der Waals surface area contributed by atoms with E-state index < -0.39 is 5.41 Å². The Kier molecular flexibility index (Phi) is 7.27. The van der Waals surface area contributed by atoms with Gasteiger partial charge in [-0.2, -0.15) is 0 Å². The van der Waals surface area contributed by atoms with E-state index >= 15 is 0 Å². The van der Waals surface area contributed by atoms with E-state index in [2.05, 4.69) is 24.3 Å². The van der Waals surface area contributed by atoms with E-state index in [1.54, 1.807) is 12.0 Å². The minimum atomic E-state index is -0.494. The summed E-state index contributed by atoms with van der Waals surface area (Å²) in [6.07, 6.45) is 2.41. The van der Waals surface area contributed by atoms with E-state index in [1.165, 1.54) is 11.1 Å². The van der Waals surface area contributed by atoms with E-state index in [1.807, 2.05) is 49.3 Å². The first kappa shape index (κ1) is 22.0. The maximum absolute atomic E-state index is 13.3. The van der Waals surface area contributed by atoms with Crippen LogP contribution in [0.25, 0.3) is 11.1 Å². The number of amides is 2. The van der Waals surface area contributed by atoms with Crippen molar-refractivity contribution in [3.63, 3.8) is 0 Å².